The van der Waals surface area contributed by atoms with Gasteiger partial charge in [0.1, 0.15) is 17.2 Å². The zero-order valence-electron chi connectivity index (χ0n) is 15.6. The van der Waals surface area contributed by atoms with Crippen molar-refractivity contribution in [3.8, 4) is 11.5 Å². The number of nitrogens with one attached hydrogen (secondary N) is 2. The van der Waals surface area contributed by atoms with E-state index in [1.807, 2.05) is 24.3 Å². The van der Waals surface area contributed by atoms with Crippen LogP contribution in [0.1, 0.15) is 16.2 Å². The summed E-state index contributed by atoms with van der Waals surface area (Å²) >= 11 is 6.10. The SMILES string of the molecule is COc1ccc(Nc2nc(C)cc(C(=O)Nc3ccc(OC)c(Cl)c3)n2)cc1. The molecule has 1 heterocycles. The zero-order chi connectivity index (χ0) is 20.1. The number of halogens is 1. The van der Waals surface area contributed by atoms with Crippen molar-refractivity contribution >= 4 is 34.8 Å². The van der Waals surface area contributed by atoms with Crippen LogP contribution in [0.25, 0.3) is 0 Å². The molecule has 3 rings (SSSR count). The van der Waals surface area contributed by atoms with Crippen molar-refractivity contribution in [2.45, 2.75) is 6.92 Å². The van der Waals surface area contributed by atoms with E-state index in [1.165, 1.54) is 7.11 Å². The van der Waals surface area contributed by atoms with Crippen LogP contribution in [-0.2, 0) is 0 Å². The maximum Gasteiger partial charge on any atom is 0.274 e. The molecule has 8 heteroatoms. The van der Waals surface area contributed by atoms with E-state index in [0.29, 0.717) is 28.1 Å². The van der Waals surface area contributed by atoms with E-state index in [-0.39, 0.29) is 11.6 Å². The maximum absolute atomic E-state index is 12.6. The third-order valence-corrected chi connectivity index (χ3v) is 4.14. The summed E-state index contributed by atoms with van der Waals surface area (Å²) in [5, 5.41) is 6.26. The summed E-state index contributed by atoms with van der Waals surface area (Å²) in [6, 6.07) is 13.9. The van der Waals surface area contributed by atoms with Crippen LogP contribution >= 0.6 is 11.6 Å². The summed E-state index contributed by atoms with van der Waals surface area (Å²) in [4.78, 5) is 21.2. The zero-order valence-corrected chi connectivity index (χ0v) is 16.4. The Morgan fingerprint density at radius 2 is 1.68 bits per heavy atom. The normalized spacial score (nSPS) is 10.3. The number of benzene rings is 2. The minimum atomic E-state index is -0.371. The Kier molecular flexibility index (Phi) is 5.96. The Bertz CT molecular complexity index is 993. The number of hydrogen-bond acceptors (Lipinski definition) is 6. The molecule has 0 saturated carbocycles. The Labute approximate surface area is 167 Å². The molecule has 1 aromatic heterocycles. The van der Waals surface area contributed by atoms with Crippen LogP contribution in [0.2, 0.25) is 5.02 Å². The predicted octanol–water partition coefficient (Wildman–Crippen LogP) is 4.45. The standard InChI is InChI=1S/C20H19ClN4O3/c1-12-10-17(19(26)23-14-6-9-18(28-3)16(21)11-14)25-20(22-12)24-13-4-7-15(27-2)8-5-13/h4-11H,1-3H3,(H,23,26)(H,22,24,25). The minimum Gasteiger partial charge on any atom is -0.497 e. The molecule has 0 radical (unpaired) electrons. The lowest BCUT2D eigenvalue weighted by atomic mass is 10.2. The van der Waals surface area contributed by atoms with Crippen molar-refractivity contribution in [3.05, 3.63) is 64.9 Å². The number of carbonyl (C=O) groups excluding carboxylic acids is 1. The first-order chi connectivity index (χ1) is 13.5. The van der Waals surface area contributed by atoms with Crippen LogP contribution in [0.5, 0.6) is 11.5 Å². The van der Waals surface area contributed by atoms with Crippen LogP contribution in [0.3, 0.4) is 0 Å². The van der Waals surface area contributed by atoms with Gasteiger partial charge in [-0.25, -0.2) is 9.97 Å². The molecule has 0 aliphatic carbocycles. The molecule has 2 N–H and O–H groups in total. The number of anilines is 3. The van der Waals surface area contributed by atoms with Gasteiger partial charge < -0.3 is 20.1 Å². The lowest BCUT2D eigenvalue weighted by Crippen LogP contribution is -2.15. The number of amides is 1. The second-order valence-electron chi connectivity index (χ2n) is 5.88. The first-order valence-electron chi connectivity index (χ1n) is 8.40. The second-order valence-corrected chi connectivity index (χ2v) is 6.28. The van der Waals surface area contributed by atoms with Gasteiger partial charge in [-0.1, -0.05) is 11.6 Å². The fraction of sp³-hybridized carbons (Fsp3) is 0.150. The highest BCUT2D eigenvalue weighted by molar-refractivity contribution is 6.32. The van der Waals surface area contributed by atoms with E-state index >= 15 is 0 Å². The van der Waals surface area contributed by atoms with Gasteiger partial charge in [0, 0.05) is 17.1 Å². The largest absolute Gasteiger partial charge is 0.497 e. The number of rotatable bonds is 6. The highest BCUT2D eigenvalue weighted by Gasteiger charge is 2.12. The molecular weight excluding hydrogens is 380 g/mol. The molecule has 28 heavy (non-hydrogen) atoms. The molecule has 0 saturated heterocycles. The Morgan fingerprint density at radius 1 is 0.964 bits per heavy atom. The summed E-state index contributed by atoms with van der Waals surface area (Å²) in [6.45, 7) is 1.79. The molecule has 7 nitrogen and oxygen atoms in total. The van der Waals surface area contributed by atoms with E-state index in [0.717, 1.165) is 11.4 Å². The Hall–Kier alpha value is -3.32. The summed E-state index contributed by atoms with van der Waals surface area (Å²) in [7, 11) is 3.13. The van der Waals surface area contributed by atoms with Crippen LogP contribution in [-0.4, -0.2) is 30.1 Å². The summed E-state index contributed by atoms with van der Waals surface area (Å²) in [6.07, 6.45) is 0. The van der Waals surface area contributed by atoms with Gasteiger partial charge in [-0.15, -0.1) is 0 Å². The summed E-state index contributed by atoms with van der Waals surface area (Å²) in [5.74, 6) is 1.23. The summed E-state index contributed by atoms with van der Waals surface area (Å²) in [5.41, 5.74) is 2.20. The van der Waals surface area contributed by atoms with E-state index in [1.54, 1.807) is 38.3 Å². The maximum atomic E-state index is 12.6. The molecular formula is C20H19ClN4O3. The fourth-order valence-corrected chi connectivity index (χ4v) is 2.74. The van der Waals surface area contributed by atoms with E-state index < -0.39 is 0 Å². The average molecular weight is 399 g/mol. The fourth-order valence-electron chi connectivity index (χ4n) is 2.48. The number of aromatic nitrogens is 2. The highest BCUT2D eigenvalue weighted by atomic mass is 35.5. The van der Waals surface area contributed by atoms with Gasteiger partial charge in [0.25, 0.3) is 5.91 Å². The molecule has 0 aliphatic rings. The van der Waals surface area contributed by atoms with Gasteiger partial charge in [0.15, 0.2) is 0 Å². The molecule has 0 unspecified atom stereocenters. The second kappa shape index (κ2) is 8.58. The number of aryl methyl sites for hydroxylation is 1. The topological polar surface area (TPSA) is 85.4 Å². The Balaban J connectivity index is 1.77. The number of nitrogens with zero attached hydrogens (tertiary/aromatic N) is 2. The van der Waals surface area contributed by atoms with Crippen molar-refractivity contribution in [1.29, 1.82) is 0 Å². The molecule has 3 aromatic rings. The van der Waals surface area contributed by atoms with Crippen molar-refractivity contribution in [2.75, 3.05) is 24.9 Å². The third kappa shape index (κ3) is 4.69. The van der Waals surface area contributed by atoms with Crippen LogP contribution in [0.4, 0.5) is 17.3 Å². The van der Waals surface area contributed by atoms with Gasteiger partial charge >= 0.3 is 0 Å². The van der Waals surface area contributed by atoms with E-state index in [9.17, 15) is 4.79 Å². The smallest absolute Gasteiger partial charge is 0.274 e. The molecule has 1 amide bonds. The van der Waals surface area contributed by atoms with E-state index in [4.69, 9.17) is 21.1 Å². The first kappa shape index (κ1) is 19.4. The first-order valence-corrected chi connectivity index (χ1v) is 8.78. The molecule has 0 bridgehead atoms. The van der Waals surface area contributed by atoms with Gasteiger partial charge in [-0.05, 0) is 55.5 Å². The number of methoxy groups -OCH3 is 2. The number of ether oxygens (including phenoxy) is 2. The predicted molar refractivity (Wildman–Crippen MR) is 109 cm³/mol. The van der Waals surface area contributed by atoms with Crippen molar-refractivity contribution < 1.29 is 14.3 Å². The lowest BCUT2D eigenvalue weighted by Gasteiger charge is -2.10. The van der Waals surface area contributed by atoms with Gasteiger partial charge in [0.05, 0.1) is 19.2 Å². The van der Waals surface area contributed by atoms with E-state index in [2.05, 4.69) is 20.6 Å². The van der Waals surface area contributed by atoms with Gasteiger partial charge in [-0.3, -0.25) is 4.79 Å². The summed E-state index contributed by atoms with van der Waals surface area (Å²) < 4.78 is 10.3. The van der Waals surface area contributed by atoms with Gasteiger partial charge in [-0.2, -0.15) is 0 Å². The molecule has 2 aromatic carbocycles. The Morgan fingerprint density at radius 3 is 2.32 bits per heavy atom. The van der Waals surface area contributed by atoms with Gasteiger partial charge in [0.2, 0.25) is 5.95 Å². The quantitative estimate of drug-likeness (QED) is 0.638. The molecule has 0 fully saturated rings. The third-order valence-electron chi connectivity index (χ3n) is 3.84. The van der Waals surface area contributed by atoms with Crippen LogP contribution in [0, 0.1) is 6.92 Å². The van der Waals surface area contributed by atoms with Crippen molar-refractivity contribution in [2.24, 2.45) is 0 Å². The molecule has 0 atom stereocenters. The average Bonchev–Trinajstić information content (AvgIpc) is 2.68. The number of hydrogen-bond donors (Lipinski definition) is 2. The molecule has 144 valence electrons. The van der Waals surface area contributed by atoms with Crippen molar-refractivity contribution in [3.63, 3.8) is 0 Å². The van der Waals surface area contributed by atoms with Crippen LogP contribution in [0.15, 0.2) is 48.5 Å². The molecule has 0 aliphatic heterocycles. The van der Waals surface area contributed by atoms with Crippen molar-refractivity contribution in [1.82, 2.24) is 9.97 Å². The highest BCUT2D eigenvalue weighted by Crippen LogP contribution is 2.27. The van der Waals surface area contributed by atoms with Crippen LogP contribution < -0.4 is 20.1 Å². The monoisotopic (exact) mass is 398 g/mol. The lowest BCUT2D eigenvalue weighted by molar-refractivity contribution is 0.102. The minimum absolute atomic E-state index is 0.232. The number of carbonyl (C=O) groups is 1. The molecule has 0 spiro atoms.